The molecule has 9 nitrogen and oxygen atoms in total. The molecule has 2 aliphatic heterocycles. The Labute approximate surface area is 182 Å². The SMILES string of the molecule is Cc1cc(=O)n2nc(N3CCC[C@@H]3C(=O)N[C@H](C)c3ccc4c(c3)OCCO4)sc2n1. The van der Waals surface area contributed by atoms with Crippen molar-refractivity contribution in [2.75, 3.05) is 24.7 Å². The largest absolute Gasteiger partial charge is 0.486 e. The Hall–Kier alpha value is -3.14. The Bertz CT molecular complexity index is 1210. The highest BCUT2D eigenvalue weighted by Crippen LogP contribution is 2.33. The average molecular weight is 442 g/mol. The zero-order chi connectivity index (χ0) is 21.5. The molecule has 0 unspecified atom stereocenters. The zero-order valence-corrected chi connectivity index (χ0v) is 18.1. The number of ether oxygens (including phenoxy) is 2. The van der Waals surface area contributed by atoms with Gasteiger partial charge < -0.3 is 19.7 Å². The Morgan fingerprint density at radius 2 is 2.06 bits per heavy atom. The molecule has 31 heavy (non-hydrogen) atoms. The Morgan fingerprint density at radius 3 is 2.90 bits per heavy atom. The van der Waals surface area contributed by atoms with Crippen LogP contribution >= 0.6 is 11.3 Å². The van der Waals surface area contributed by atoms with Crippen LogP contribution in [0.2, 0.25) is 0 Å². The van der Waals surface area contributed by atoms with Gasteiger partial charge in [0.2, 0.25) is 16.0 Å². The predicted octanol–water partition coefficient (Wildman–Crippen LogP) is 2.08. The summed E-state index contributed by atoms with van der Waals surface area (Å²) >= 11 is 1.33. The molecule has 1 fully saturated rings. The standard InChI is InChI=1S/C21H23N5O4S/c1-12-10-18(27)26-20(22-12)31-21(24-26)25-7-3-4-15(25)19(28)23-13(2)14-5-6-16-17(11-14)30-9-8-29-16/h5-6,10-11,13,15H,3-4,7-9H2,1-2H3,(H,23,28)/t13-,15-/m1/s1. The number of anilines is 1. The number of nitrogens with one attached hydrogen (secondary N) is 1. The van der Waals surface area contributed by atoms with Gasteiger partial charge in [0.1, 0.15) is 19.3 Å². The topological polar surface area (TPSA) is 98.1 Å². The van der Waals surface area contributed by atoms with Crippen LogP contribution in [0.4, 0.5) is 5.13 Å². The van der Waals surface area contributed by atoms with Gasteiger partial charge in [-0.1, -0.05) is 17.4 Å². The first-order valence-corrected chi connectivity index (χ1v) is 11.2. The van der Waals surface area contributed by atoms with Gasteiger partial charge in [-0.3, -0.25) is 9.59 Å². The quantitative estimate of drug-likeness (QED) is 0.662. The van der Waals surface area contributed by atoms with Crippen molar-refractivity contribution in [2.45, 2.75) is 38.8 Å². The Kier molecular flexibility index (Phi) is 5.01. The number of hydrogen-bond donors (Lipinski definition) is 1. The van der Waals surface area contributed by atoms with E-state index in [4.69, 9.17) is 9.47 Å². The summed E-state index contributed by atoms with van der Waals surface area (Å²) in [5, 5.41) is 8.18. The molecule has 0 saturated carbocycles. The molecule has 0 spiro atoms. The molecule has 2 aromatic heterocycles. The van der Waals surface area contributed by atoms with E-state index in [0.29, 0.717) is 41.3 Å². The van der Waals surface area contributed by atoms with E-state index in [2.05, 4.69) is 15.4 Å². The highest BCUT2D eigenvalue weighted by Gasteiger charge is 2.34. The van der Waals surface area contributed by atoms with Gasteiger partial charge >= 0.3 is 0 Å². The lowest BCUT2D eigenvalue weighted by Gasteiger charge is -2.25. The number of rotatable bonds is 4. The molecule has 0 radical (unpaired) electrons. The molecule has 162 valence electrons. The lowest BCUT2D eigenvalue weighted by molar-refractivity contribution is -0.122. The number of aryl methyl sites for hydroxylation is 1. The number of carbonyl (C=O) groups excluding carboxylic acids is 1. The smallest absolute Gasteiger partial charge is 0.275 e. The third-order valence-electron chi connectivity index (χ3n) is 5.59. The highest BCUT2D eigenvalue weighted by molar-refractivity contribution is 7.20. The van der Waals surface area contributed by atoms with Gasteiger partial charge in [0.15, 0.2) is 11.5 Å². The number of fused-ring (bicyclic) bond motifs is 2. The molecule has 2 aliphatic rings. The molecule has 5 rings (SSSR count). The summed E-state index contributed by atoms with van der Waals surface area (Å²) in [7, 11) is 0. The van der Waals surface area contributed by atoms with Crippen LogP contribution < -0.4 is 25.2 Å². The van der Waals surface area contributed by atoms with Crippen LogP contribution in [0.1, 0.15) is 37.1 Å². The third kappa shape index (κ3) is 3.71. The normalized spacial score (nSPS) is 18.9. The maximum atomic E-state index is 13.1. The second-order valence-electron chi connectivity index (χ2n) is 7.80. The lowest BCUT2D eigenvalue weighted by atomic mass is 10.1. The van der Waals surface area contributed by atoms with Gasteiger partial charge in [-0.15, -0.1) is 5.10 Å². The van der Waals surface area contributed by atoms with Crippen LogP contribution in [0.5, 0.6) is 11.5 Å². The summed E-state index contributed by atoms with van der Waals surface area (Å²) in [5.74, 6) is 1.37. The summed E-state index contributed by atoms with van der Waals surface area (Å²) in [4.78, 5) is 32.2. The van der Waals surface area contributed by atoms with E-state index in [-0.39, 0.29) is 23.6 Å². The number of hydrogen-bond acceptors (Lipinski definition) is 8. The molecule has 1 amide bonds. The second kappa shape index (κ2) is 7.84. The van der Waals surface area contributed by atoms with E-state index in [1.54, 1.807) is 6.92 Å². The summed E-state index contributed by atoms with van der Waals surface area (Å²) in [5.41, 5.74) is 1.40. The highest BCUT2D eigenvalue weighted by atomic mass is 32.1. The first-order chi connectivity index (χ1) is 15.0. The van der Waals surface area contributed by atoms with Crippen LogP contribution in [0.3, 0.4) is 0 Å². The number of carbonyl (C=O) groups is 1. The predicted molar refractivity (Wildman–Crippen MR) is 116 cm³/mol. The van der Waals surface area contributed by atoms with Gasteiger partial charge in [-0.2, -0.15) is 4.52 Å². The minimum absolute atomic E-state index is 0.0596. The second-order valence-corrected chi connectivity index (χ2v) is 8.73. The maximum absolute atomic E-state index is 13.1. The number of aromatic nitrogens is 3. The van der Waals surface area contributed by atoms with Gasteiger partial charge in [0, 0.05) is 18.3 Å². The minimum atomic E-state index is -0.336. The Balaban J connectivity index is 1.34. The van der Waals surface area contributed by atoms with Gasteiger partial charge in [-0.05, 0) is 44.4 Å². The molecule has 10 heteroatoms. The van der Waals surface area contributed by atoms with E-state index in [1.165, 1.54) is 21.9 Å². The van der Waals surface area contributed by atoms with Gasteiger partial charge in [0.05, 0.1) is 6.04 Å². The monoisotopic (exact) mass is 441 g/mol. The molecular weight excluding hydrogens is 418 g/mol. The molecule has 4 heterocycles. The van der Waals surface area contributed by atoms with Crippen molar-refractivity contribution in [3.8, 4) is 11.5 Å². The van der Waals surface area contributed by atoms with Crippen LogP contribution in [-0.4, -0.2) is 46.3 Å². The van der Waals surface area contributed by atoms with Crippen LogP contribution in [0.25, 0.3) is 4.96 Å². The minimum Gasteiger partial charge on any atom is -0.486 e. The summed E-state index contributed by atoms with van der Waals surface area (Å²) in [6.07, 6.45) is 1.62. The fourth-order valence-corrected chi connectivity index (χ4v) is 5.05. The summed E-state index contributed by atoms with van der Waals surface area (Å²) in [6, 6.07) is 6.67. The molecular formula is C21H23N5O4S. The van der Waals surface area contributed by atoms with Crippen LogP contribution in [-0.2, 0) is 4.79 Å². The van der Waals surface area contributed by atoms with E-state index >= 15 is 0 Å². The fourth-order valence-electron chi connectivity index (χ4n) is 4.02. The fraction of sp³-hybridized carbons (Fsp3) is 0.429. The van der Waals surface area contributed by atoms with E-state index in [1.807, 2.05) is 30.0 Å². The first kappa shape index (κ1) is 19.8. The Morgan fingerprint density at radius 1 is 1.26 bits per heavy atom. The van der Waals surface area contributed by atoms with Crippen molar-refractivity contribution < 1.29 is 14.3 Å². The summed E-state index contributed by atoms with van der Waals surface area (Å²) in [6.45, 7) is 5.51. The van der Waals surface area contributed by atoms with Crippen molar-refractivity contribution in [1.29, 1.82) is 0 Å². The average Bonchev–Trinajstić information content (AvgIpc) is 3.40. The van der Waals surface area contributed by atoms with Gasteiger partial charge in [0.25, 0.3) is 5.56 Å². The molecule has 0 aliphatic carbocycles. The maximum Gasteiger partial charge on any atom is 0.275 e. The van der Waals surface area contributed by atoms with Crippen molar-refractivity contribution in [2.24, 2.45) is 0 Å². The number of benzene rings is 1. The molecule has 3 aromatic rings. The third-order valence-corrected chi connectivity index (χ3v) is 6.53. The first-order valence-electron chi connectivity index (χ1n) is 10.3. The summed E-state index contributed by atoms with van der Waals surface area (Å²) < 4.78 is 12.5. The van der Waals surface area contributed by atoms with E-state index < -0.39 is 0 Å². The van der Waals surface area contributed by atoms with Crippen LogP contribution in [0.15, 0.2) is 29.1 Å². The van der Waals surface area contributed by atoms with Crippen molar-refractivity contribution in [1.82, 2.24) is 19.9 Å². The van der Waals surface area contributed by atoms with Gasteiger partial charge in [-0.25, -0.2) is 4.98 Å². The van der Waals surface area contributed by atoms with Crippen molar-refractivity contribution >= 4 is 27.3 Å². The molecule has 2 atom stereocenters. The van der Waals surface area contributed by atoms with Crippen molar-refractivity contribution in [3.05, 3.63) is 45.9 Å². The molecule has 1 saturated heterocycles. The van der Waals surface area contributed by atoms with E-state index in [0.717, 1.165) is 24.2 Å². The molecule has 0 bridgehead atoms. The van der Waals surface area contributed by atoms with E-state index in [9.17, 15) is 9.59 Å². The van der Waals surface area contributed by atoms with Crippen LogP contribution in [0, 0.1) is 6.92 Å². The number of nitrogens with zero attached hydrogens (tertiary/aromatic N) is 4. The molecule has 1 N–H and O–H groups in total. The number of amides is 1. The van der Waals surface area contributed by atoms with Crippen molar-refractivity contribution in [3.63, 3.8) is 0 Å². The molecule has 1 aromatic carbocycles. The zero-order valence-electron chi connectivity index (χ0n) is 17.3. The lowest BCUT2D eigenvalue weighted by Crippen LogP contribution is -2.44.